The molecule has 0 radical (unpaired) electrons. The first-order chi connectivity index (χ1) is 10.4. The first-order valence-corrected chi connectivity index (χ1v) is 7.84. The molecule has 7 heteroatoms. The van der Waals surface area contributed by atoms with Gasteiger partial charge in [-0.25, -0.2) is 0 Å². The van der Waals surface area contributed by atoms with Gasteiger partial charge in [-0.3, -0.25) is 9.59 Å². The molecule has 1 aliphatic heterocycles. The molecular weight excluding hydrogens is 327 g/mol. The number of carbonyl (C=O) groups is 2. The summed E-state index contributed by atoms with van der Waals surface area (Å²) in [6.45, 7) is 3.53. The van der Waals surface area contributed by atoms with Crippen molar-refractivity contribution in [1.82, 2.24) is 10.6 Å². The number of amides is 2. The maximum atomic E-state index is 12.2. The molecule has 0 unspecified atom stereocenters. The van der Waals surface area contributed by atoms with E-state index in [1.165, 1.54) is 6.92 Å². The second-order valence-corrected chi connectivity index (χ2v) is 6.04. The van der Waals surface area contributed by atoms with Crippen LogP contribution in [0.4, 0.5) is 0 Å². The van der Waals surface area contributed by atoms with Crippen molar-refractivity contribution in [2.45, 2.75) is 38.8 Å². The third kappa shape index (κ3) is 3.84. The summed E-state index contributed by atoms with van der Waals surface area (Å²) in [6.07, 6.45) is 1.51. The molecule has 0 spiro atoms. The van der Waals surface area contributed by atoms with E-state index in [2.05, 4.69) is 10.6 Å². The normalized spacial score (nSPS) is 18.5. The van der Waals surface area contributed by atoms with E-state index < -0.39 is 6.04 Å². The first kappa shape index (κ1) is 16.9. The summed E-state index contributed by atoms with van der Waals surface area (Å²) in [4.78, 5) is 23.2. The number of rotatable bonds is 3. The van der Waals surface area contributed by atoms with E-state index in [1.54, 1.807) is 13.0 Å². The van der Waals surface area contributed by atoms with Crippen molar-refractivity contribution in [1.29, 1.82) is 0 Å². The van der Waals surface area contributed by atoms with Gasteiger partial charge in [-0.1, -0.05) is 29.3 Å². The SMILES string of the molecule is CC(=O)N[C@@H](C)C(=O)N[C@@H]1CCCOc2c1ccc(Cl)c2Cl. The van der Waals surface area contributed by atoms with Crippen LogP contribution in [-0.2, 0) is 9.59 Å². The Bertz CT molecular complexity index is 592. The number of hydrogen-bond donors (Lipinski definition) is 2. The smallest absolute Gasteiger partial charge is 0.242 e. The van der Waals surface area contributed by atoms with Gasteiger partial charge in [0.15, 0.2) is 0 Å². The Balaban J connectivity index is 2.21. The van der Waals surface area contributed by atoms with Crippen LogP contribution in [0.15, 0.2) is 12.1 Å². The van der Waals surface area contributed by atoms with Gasteiger partial charge >= 0.3 is 0 Å². The average Bonchev–Trinajstić information content (AvgIpc) is 2.65. The molecule has 0 aliphatic carbocycles. The molecule has 1 aliphatic rings. The molecule has 0 fully saturated rings. The van der Waals surface area contributed by atoms with Gasteiger partial charge in [0.25, 0.3) is 0 Å². The van der Waals surface area contributed by atoms with Gasteiger partial charge in [0, 0.05) is 12.5 Å². The molecule has 1 heterocycles. The second kappa shape index (κ2) is 7.20. The second-order valence-electron chi connectivity index (χ2n) is 5.25. The van der Waals surface area contributed by atoms with Gasteiger partial charge in [0.05, 0.1) is 17.7 Å². The van der Waals surface area contributed by atoms with Gasteiger partial charge in [0.1, 0.15) is 16.8 Å². The molecule has 22 heavy (non-hydrogen) atoms. The highest BCUT2D eigenvalue weighted by Gasteiger charge is 2.26. The van der Waals surface area contributed by atoms with E-state index in [0.29, 0.717) is 22.4 Å². The van der Waals surface area contributed by atoms with Crippen molar-refractivity contribution in [3.63, 3.8) is 0 Å². The Morgan fingerprint density at radius 3 is 2.77 bits per heavy atom. The highest BCUT2D eigenvalue weighted by molar-refractivity contribution is 6.43. The summed E-state index contributed by atoms with van der Waals surface area (Å²) in [7, 11) is 0. The number of fused-ring (bicyclic) bond motifs is 1. The van der Waals surface area contributed by atoms with Crippen LogP contribution in [0.2, 0.25) is 10.0 Å². The van der Waals surface area contributed by atoms with E-state index in [0.717, 1.165) is 18.4 Å². The molecule has 1 aromatic carbocycles. The van der Waals surface area contributed by atoms with Gasteiger partial charge in [-0.2, -0.15) is 0 Å². The van der Waals surface area contributed by atoms with E-state index in [-0.39, 0.29) is 17.9 Å². The van der Waals surface area contributed by atoms with Crippen molar-refractivity contribution < 1.29 is 14.3 Å². The monoisotopic (exact) mass is 344 g/mol. The summed E-state index contributed by atoms with van der Waals surface area (Å²) in [6, 6.07) is 2.67. The lowest BCUT2D eigenvalue weighted by atomic mass is 10.0. The Hall–Kier alpha value is -1.46. The zero-order chi connectivity index (χ0) is 16.3. The van der Waals surface area contributed by atoms with Crippen molar-refractivity contribution in [3.05, 3.63) is 27.7 Å². The van der Waals surface area contributed by atoms with Crippen molar-refractivity contribution in [2.24, 2.45) is 0 Å². The topological polar surface area (TPSA) is 67.4 Å². The van der Waals surface area contributed by atoms with Crippen molar-refractivity contribution in [3.8, 4) is 5.75 Å². The Morgan fingerprint density at radius 1 is 1.36 bits per heavy atom. The quantitative estimate of drug-likeness (QED) is 0.885. The average molecular weight is 345 g/mol. The Kier molecular flexibility index (Phi) is 5.53. The Labute approximate surface area is 139 Å². The van der Waals surface area contributed by atoms with Crippen molar-refractivity contribution in [2.75, 3.05) is 6.61 Å². The molecule has 2 amide bonds. The molecule has 0 aromatic heterocycles. The maximum absolute atomic E-state index is 12.2. The van der Waals surface area contributed by atoms with E-state index in [9.17, 15) is 9.59 Å². The predicted octanol–water partition coefficient (Wildman–Crippen LogP) is 2.85. The van der Waals surface area contributed by atoms with Crippen LogP contribution >= 0.6 is 23.2 Å². The molecule has 0 saturated carbocycles. The first-order valence-electron chi connectivity index (χ1n) is 7.08. The lowest BCUT2D eigenvalue weighted by molar-refractivity contribution is -0.128. The summed E-state index contributed by atoms with van der Waals surface area (Å²) < 4.78 is 5.66. The van der Waals surface area contributed by atoms with Crippen LogP contribution < -0.4 is 15.4 Å². The minimum atomic E-state index is -0.604. The van der Waals surface area contributed by atoms with Crippen LogP contribution in [0.5, 0.6) is 5.75 Å². The third-order valence-corrected chi connectivity index (χ3v) is 4.26. The van der Waals surface area contributed by atoms with Gasteiger partial charge < -0.3 is 15.4 Å². The van der Waals surface area contributed by atoms with Crippen LogP contribution in [0.3, 0.4) is 0 Å². The number of carbonyl (C=O) groups excluding carboxylic acids is 2. The fraction of sp³-hybridized carbons (Fsp3) is 0.467. The van der Waals surface area contributed by atoms with Crippen LogP contribution in [-0.4, -0.2) is 24.5 Å². The number of ether oxygens (including phenoxy) is 1. The fourth-order valence-corrected chi connectivity index (χ4v) is 2.78. The third-order valence-electron chi connectivity index (χ3n) is 3.47. The summed E-state index contributed by atoms with van der Waals surface area (Å²) in [5.41, 5.74) is 0.801. The number of halogens is 2. The maximum Gasteiger partial charge on any atom is 0.242 e. The van der Waals surface area contributed by atoms with Crippen LogP contribution in [0.25, 0.3) is 0 Å². The molecule has 1 aromatic rings. The van der Waals surface area contributed by atoms with E-state index >= 15 is 0 Å². The minimum Gasteiger partial charge on any atom is -0.492 e. The Morgan fingerprint density at radius 2 is 2.09 bits per heavy atom. The summed E-state index contributed by atoms with van der Waals surface area (Å²) in [5, 5.41) is 6.27. The fourth-order valence-electron chi connectivity index (χ4n) is 2.40. The largest absolute Gasteiger partial charge is 0.492 e. The standard InChI is InChI=1S/C15H18Cl2N2O3/c1-8(18-9(2)20)15(21)19-12-4-3-7-22-14-10(12)5-6-11(16)13(14)17/h5-6,8,12H,3-4,7H2,1-2H3,(H,18,20)(H,19,21)/t8-,12+/m0/s1. The van der Waals surface area contributed by atoms with Gasteiger partial charge in [-0.15, -0.1) is 0 Å². The molecule has 120 valence electrons. The molecule has 2 atom stereocenters. The van der Waals surface area contributed by atoms with Gasteiger partial charge in [-0.05, 0) is 25.8 Å². The molecule has 2 rings (SSSR count). The van der Waals surface area contributed by atoms with Crippen molar-refractivity contribution >= 4 is 35.0 Å². The molecule has 0 bridgehead atoms. The zero-order valence-electron chi connectivity index (χ0n) is 12.4. The lowest BCUT2D eigenvalue weighted by Gasteiger charge is -2.21. The molecule has 2 N–H and O–H groups in total. The highest BCUT2D eigenvalue weighted by Crippen LogP contribution is 2.40. The molecule has 0 saturated heterocycles. The summed E-state index contributed by atoms with van der Waals surface area (Å²) >= 11 is 12.2. The van der Waals surface area contributed by atoms with E-state index in [1.807, 2.05) is 6.07 Å². The van der Waals surface area contributed by atoms with E-state index in [4.69, 9.17) is 27.9 Å². The lowest BCUT2D eigenvalue weighted by Crippen LogP contribution is -2.45. The summed E-state index contributed by atoms with van der Waals surface area (Å²) in [5.74, 6) is 0.0188. The number of hydrogen-bond acceptors (Lipinski definition) is 3. The van der Waals surface area contributed by atoms with Crippen LogP contribution in [0, 0.1) is 0 Å². The van der Waals surface area contributed by atoms with Gasteiger partial charge in [0.2, 0.25) is 11.8 Å². The number of nitrogens with one attached hydrogen (secondary N) is 2. The zero-order valence-corrected chi connectivity index (χ0v) is 13.9. The predicted molar refractivity (Wildman–Crippen MR) is 85.4 cm³/mol. The number of benzene rings is 1. The molecule has 5 nitrogen and oxygen atoms in total. The highest BCUT2D eigenvalue weighted by atomic mass is 35.5. The minimum absolute atomic E-state index is 0.226. The molecular formula is C15H18Cl2N2O3. The van der Waals surface area contributed by atoms with Crippen LogP contribution in [0.1, 0.15) is 38.3 Å².